The van der Waals surface area contributed by atoms with Crippen molar-refractivity contribution in [1.82, 2.24) is 4.72 Å². The van der Waals surface area contributed by atoms with Crippen LogP contribution in [-0.4, -0.2) is 33.8 Å². The molecule has 0 radical (unpaired) electrons. The number of rotatable bonds is 6. The number of carbonyl (C=O) groups excluding carboxylic acids is 1. The number of halogens is 1. The van der Waals surface area contributed by atoms with Gasteiger partial charge in [-0.25, -0.2) is 17.5 Å². The number of nitrogens with zero attached hydrogens (tertiary/aromatic N) is 1. The van der Waals surface area contributed by atoms with Gasteiger partial charge in [0.25, 0.3) is 0 Å². The first-order valence-electron chi connectivity index (χ1n) is 8.46. The summed E-state index contributed by atoms with van der Waals surface area (Å²) in [6.07, 6.45) is 0.864. The molecule has 0 amide bonds. The second kappa shape index (κ2) is 7.55. The van der Waals surface area contributed by atoms with Crippen LogP contribution >= 0.6 is 0 Å². The fourth-order valence-electron chi connectivity index (χ4n) is 3.07. The van der Waals surface area contributed by atoms with Gasteiger partial charge in [0, 0.05) is 30.9 Å². The first-order valence-corrected chi connectivity index (χ1v) is 9.94. The van der Waals surface area contributed by atoms with Gasteiger partial charge < -0.3 is 4.90 Å². The van der Waals surface area contributed by atoms with E-state index in [4.69, 9.17) is 0 Å². The van der Waals surface area contributed by atoms with E-state index < -0.39 is 10.0 Å². The molecule has 2 aromatic carbocycles. The fourth-order valence-corrected chi connectivity index (χ4v) is 4.18. The predicted molar refractivity (Wildman–Crippen MR) is 98.4 cm³/mol. The molecule has 3 rings (SSSR count). The number of nitrogens with one attached hydrogen (secondary N) is 1. The molecule has 0 spiro atoms. The monoisotopic (exact) mass is 376 g/mol. The average molecular weight is 376 g/mol. The van der Waals surface area contributed by atoms with E-state index in [9.17, 15) is 17.6 Å². The number of benzene rings is 2. The van der Waals surface area contributed by atoms with Crippen molar-refractivity contribution in [2.75, 3.05) is 24.5 Å². The lowest BCUT2D eigenvalue weighted by atomic mass is 10.1. The number of Topliss-reactive ketones (excluding diaryl/α,β-unsaturated/α-hetero) is 1. The summed E-state index contributed by atoms with van der Waals surface area (Å²) in [7, 11) is -3.61. The van der Waals surface area contributed by atoms with Crippen molar-refractivity contribution in [1.29, 1.82) is 0 Å². The van der Waals surface area contributed by atoms with Gasteiger partial charge >= 0.3 is 0 Å². The van der Waals surface area contributed by atoms with Gasteiger partial charge in [0.15, 0.2) is 5.78 Å². The van der Waals surface area contributed by atoms with Crippen molar-refractivity contribution in [3.63, 3.8) is 0 Å². The van der Waals surface area contributed by atoms with E-state index in [-0.39, 0.29) is 22.4 Å². The van der Waals surface area contributed by atoms with Crippen LogP contribution < -0.4 is 9.62 Å². The van der Waals surface area contributed by atoms with Crippen LogP contribution in [0, 0.1) is 11.7 Å². The molecule has 0 aromatic heterocycles. The zero-order chi connectivity index (χ0) is 18.7. The summed E-state index contributed by atoms with van der Waals surface area (Å²) in [5.41, 5.74) is 1.42. The van der Waals surface area contributed by atoms with Gasteiger partial charge in [0.2, 0.25) is 10.0 Å². The Balaban J connectivity index is 1.58. The second-order valence-electron chi connectivity index (χ2n) is 6.51. The first-order chi connectivity index (χ1) is 12.3. The quantitative estimate of drug-likeness (QED) is 0.788. The summed E-state index contributed by atoms with van der Waals surface area (Å²) in [4.78, 5) is 13.6. The van der Waals surface area contributed by atoms with E-state index in [1.54, 1.807) is 12.1 Å². The summed E-state index contributed by atoms with van der Waals surface area (Å²) >= 11 is 0. The third-order valence-corrected chi connectivity index (χ3v) is 6.05. The summed E-state index contributed by atoms with van der Waals surface area (Å²) < 4.78 is 40.5. The molecule has 2 aromatic rings. The molecule has 1 atom stereocenters. The largest absolute Gasteiger partial charge is 0.371 e. The van der Waals surface area contributed by atoms with Gasteiger partial charge in [-0.1, -0.05) is 12.1 Å². The predicted octanol–water partition coefficient (Wildman–Crippen LogP) is 2.83. The molecule has 1 heterocycles. The average Bonchev–Trinajstić information content (AvgIpc) is 3.10. The van der Waals surface area contributed by atoms with Crippen molar-refractivity contribution < 1.29 is 17.6 Å². The van der Waals surface area contributed by atoms with E-state index in [2.05, 4.69) is 9.62 Å². The molecular formula is C19H21FN2O3S. The standard InChI is InChI=1S/C19H21FN2O3S/c1-14(23)16-2-8-19(9-3-16)26(24,25)21-12-15-10-11-22(13-15)18-6-4-17(20)5-7-18/h2-9,15,21H,10-13H2,1H3. The summed E-state index contributed by atoms with van der Waals surface area (Å²) in [5.74, 6) is -0.187. The van der Waals surface area contributed by atoms with Crippen molar-refractivity contribution in [3.05, 3.63) is 59.9 Å². The highest BCUT2D eigenvalue weighted by Crippen LogP contribution is 2.24. The van der Waals surface area contributed by atoms with Gasteiger partial charge in [-0.05, 0) is 55.7 Å². The lowest BCUT2D eigenvalue weighted by Gasteiger charge is -2.19. The Bertz CT molecular complexity index is 880. The third-order valence-electron chi connectivity index (χ3n) is 4.61. The van der Waals surface area contributed by atoms with Crippen LogP contribution in [0.3, 0.4) is 0 Å². The molecule has 0 saturated carbocycles. The maximum absolute atomic E-state index is 13.0. The van der Waals surface area contributed by atoms with Gasteiger partial charge in [0.1, 0.15) is 5.82 Å². The Morgan fingerprint density at radius 3 is 2.42 bits per heavy atom. The van der Waals surface area contributed by atoms with E-state index in [1.807, 2.05) is 0 Å². The van der Waals surface area contributed by atoms with Crippen molar-refractivity contribution in [2.45, 2.75) is 18.2 Å². The number of carbonyl (C=O) groups is 1. The molecule has 0 aliphatic carbocycles. The minimum atomic E-state index is -3.61. The van der Waals surface area contributed by atoms with Gasteiger partial charge in [-0.3, -0.25) is 4.79 Å². The second-order valence-corrected chi connectivity index (χ2v) is 8.28. The van der Waals surface area contributed by atoms with Crippen LogP contribution in [-0.2, 0) is 10.0 Å². The highest BCUT2D eigenvalue weighted by atomic mass is 32.2. The Morgan fingerprint density at radius 1 is 1.15 bits per heavy atom. The highest BCUT2D eigenvalue weighted by molar-refractivity contribution is 7.89. The number of ketones is 1. The molecule has 1 saturated heterocycles. The van der Waals surface area contributed by atoms with E-state index in [1.165, 1.54) is 43.3 Å². The molecule has 1 aliphatic rings. The van der Waals surface area contributed by atoms with Crippen molar-refractivity contribution in [3.8, 4) is 0 Å². The summed E-state index contributed by atoms with van der Waals surface area (Å²) in [6.45, 7) is 3.31. The maximum atomic E-state index is 13.0. The molecule has 5 nitrogen and oxygen atoms in total. The molecule has 1 aliphatic heterocycles. The molecule has 1 unspecified atom stereocenters. The van der Waals surface area contributed by atoms with Crippen LogP contribution in [0.1, 0.15) is 23.7 Å². The van der Waals surface area contributed by atoms with Gasteiger partial charge in [-0.2, -0.15) is 0 Å². The minimum Gasteiger partial charge on any atom is -0.371 e. The lowest BCUT2D eigenvalue weighted by Crippen LogP contribution is -2.31. The Labute approximate surface area is 152 Å². The van der Waals surface area contributed by atoms with Gasteiger partial charge in [0.05, 0.1) is 4.90 Å². The van der Waals surface area contributed by atoms with E-state index in [0.29, 0.717) is 12.1 Å². The molecular weight excluding hydrogens is 355 g/mol. The Morgan fingerprint density at radius 2 is 1.81 bits per heavy atom. The normalized spacial score (nSPS) is 17.5. The number of sulfonamides is 1. The number of anilines is 1. The zero-order valence-electron chi connectivity index (χ0n) is 14.5. The molecule has 1 fully saturated rings. The van der Waals surface area contributed by atoms with Crippen LogP contribution in [0.15, 0.2) is 53.4 Å². The number of hydrogen-bond acceptors (Lipinski definition) is 4. The summed E-state index contributed by atoms with van der Waals surface area (Å²) in [5, 5.41) is 0. The molecule has 7 heteroatoms. The van der Waals surface area contributed by atoms with E-state index in [0.717, 1.165) is 25.2 Å². The first kappa shape index (κ1) is 18.5. The SMILES string of the molecule is CC(=O)c1ccc(S(=O)(=O)NCC2CCN(c3ccc(F)cc3)C2)cc1. The van der Waals surface area contributed by atoms with Gasteiger partial charge in [-0.15, -0.1) is 0 Å². The van der Waals surface area contributed by atoms with Crippen molar-refractivity contribution >= 4 is 21.5 Å². The Hall–Kier alpha value is -2.25. The topological polar surface area (TPSA) is 66.5 Å². The smallest absolute Gasteiger partial charge is 0.240 e. The lowest BCUT2D eigenvalue weighted by molar-refractivity contribution is 0.101. The van der Waals surface area contributed by atoms with Crippen LogP contribution in [0.2, 0.25) is 0 Å². The van der Waals surface area contributed by atoms with E-state index >= 15 is 0 Å². The summed E-state index contributed by atoms with van der Waals surface area (Å²) in [6, 6.07) is 12.2. The Kier molecular flexibility index (Phi) is 5.38. The van der Waals surface area contributed by atoms with Crippen LogP contribution in [0.4, 0.5) is 10.1 Å². The maximum Gasteiger partial charge on any atom is 0.240 e. The molecule has 138 valence electrons. The minimum absolute atomic E-state index is 0.103. The van der Waals surface area contributed by atoms with Crippen molar-refractivity contribution in [2.24, 2.45) is 5.92 Å². The molecule has 0 bridgehead atoms. The molecule has 26 heavy (non-hydrogen) atoms. The fraction of sp³-hybridized carbons (Fsp3) is 0.316. The van der Waals surface area contributed by atoms with Crippen LogP contribution in [0.25, 0.3) is 0 Å². The highest BCUT2D eigenvalue weighted by Gasteiger charge is 2.25. The zero-order valence-corrected chi connectivity index (χ0v) is 15.3. The molecule has 1 N–H and O–H groups in total. The van der Waals surface area contributed by atoms with Crippen LogP contribution in [0.5, 0.6) is 0 Å². The third kappa shape index (κ3) is 4.28. The number of hydrogen-bond donors (Lipinski definition) is 1.